The third-order valence-corrected chi connectivity index (χ3v) is 1.91. The average Bonchev–Trinajstić information content (AvgIpc) is 2.05. The fraction of sp³-hybridized carbons (Fsp3) is 1.00. The van der Waals surface area contributed by atoms with Gasteiger partial charge in [0, 0.05) is 0 Å². The van der Waals surface area contributed by atoms with Crippen LogP contribution in [-0.4, -0.2) is 36.3 Å². The maximum Gasteiger partial charge on any atom is 0.132 e. The molecule has 3 N–H and O–H groups in total. The number of hydrogen-bond donors (Lipinski definition) is 2. The Labute approximate surface area is 66.3 Å². The molecule has 1 saturated heterocycles. The van der Waals surface area contributed by atoms with E-state index in [0.717, 1.165) is 0 Å². The fourth-order valence-electron chi connectivity index (χ4n) is 0.930. The summed E-state index contributed by atoms with van der Waals surface area (Å²) in [6, 6.07) is 0. The van der Waals surface area contributed by atoms with Crippen molar-refractivity contribution in [3.63, 3.8) is 0 Å². The maximum absolute atomic E-state index is 9.29. The molecule has 1 fully saturated rings. The van der Waals surface area contributed by atoms with E-state index < -0.39 is 12.3 Å². The summed E-state index contributed by atoms with van der Waals surface area (Å²) in [7, 11) is 0. The number of ether oxygens (including phenoxy) is 2. The topological polar surface area (TPSA) is 64.7 Å². The Morgan fingerprint density at radius 3 is 2.64 bits per heavy atom. The number of hydrogen-bond acceptors (Lipinski definition) is 4. The Kier molecular flexibility index (Phi) is 2.84. The van der Waals surface area contributed by atoms with E-state index in [1.54, 1.807) is 6.92 Å². The molecule has 1 aliphatic rings. The Morgan fingerprint density at radius 2 is 2.00 bits per heavy atom. The van der Waals surface area contributed by atoms with Crippen LogP contribution < -0.4 is 5.73 Å². The Hall–Kier alpha value is -0.160. The highest BCUT2D eigenvalue weighted by Gasteiger charge is 2.26. The maximum atomic E-state index is 9.29. The molecule has 4 heteroatoms. The molecule has 1 heterocycles. The molecule has 0 spiro atoms. The lowest BCUT2D eigenvalue weighted by molar-refractivity contribution is -0.0580. The molecule has 1 aliphatic heterocycles. The highest BCUT2D eigenvalue weighted by molar-refractivity contribution is 4.72. The van der Waals surface area contributed by atoms with E-state index in [-0.39, 0.29) is 12.2 Å². The van der Waals surface area contributed by atoms with Gasteiger partial charge >= 0.3 is 0 Å². The summed E-state index contributed by atoms with van der Waals surface area (Å²) in [6.07, 6.45) is -1.38. The van der Waals surface area contributed by atoms with Crippen molar-refractivity contribution in [2.45, 2.75) is 38.4 Å². The van der Waals surface area contributed by atoms with Gasteiger partial charge in [-0.05, 0) is 13.8 Å². The molecular formula is C7H15NO3. The summed E-state index contributed by atoms with van der Waals surface area (Å²) in [4.78, 5) is 0. The van der Waals surface area contributed by atoms with Crippen LogP contribution in [0.2, 0.25) is 0 Å². The summed E-state index contributed by atoms with van der Waals surface area (Å²) in [5, 5.41) is 9.29. The summed E-state index contributed by atoms with van der Waals surface area (Å²) in [5.41, 5.74) is 5.57. The predicted octanol–water partition coefficient (Wildman–Crippen LogP) is -0.544. The highest BCUT2D eigenvalue weighted by Crippen LogP contribution is 2.11. The minimum Gasteiger partial charge on any atom is -0.388 e. The molecule has 4 unspecified atom stereocenters. The summed E-state index contributed by atoms with van der Waals surface area (Å²) >= 11 is 0. The van der Waals surface area contributed by atoms with Crippen LogP contribution in [0.15, 0.2) is 0 Å². The number of aliphatic hydroxyl groups is 1. The van der Waals surface area contributed by atoms with Crippen LogP contribution in [0, 0.1) is 0 Å². The molecule has 0 aliphatic carbocycles. The van der Waals surface area contributed by atoms with E-state index in [1.165, 1.54) is 0 Å². The van der Waals surface area contributed by atoms with Crippen molar-refractivity contribution < 1.29 is 14.6 Å². The van der Waals surface area contributed by atoms with E-state index in [2.05, 4.69) is 0 Å². The molecule has 0 aromatic heterocycles. The van der Waals surface area contributed by atoms with Gasteiger partial charge in [0.05, 0.1) is 18.8 Å². The summed E-state index contributed by atoms with van der Waals surface area (Å²) in [5.74, 6) is 0. The molecule has 0 radical (unpaired) electrons. The molecular weight excluding hydrogens is 146 g/mol. The Bertz CT molecular complexity index is 117. The molecule has 4 nitrogen and oxygen atoms in total. The van der Waals surface area contributed by atoms with Gasteiger partial charge in [-0.25, -0.2) is 0 Å². The van der Waals surface area contributed by atoms with Crippen LogP contribution >= 0.6 is 0 Å². The van der Waals surface area contributed by atoms with Crippen molar-refractivity contribution >= 4 is 0 Å². The molecule has 11 heavy (non-hydrogen) atoms. The molecule has 0 aromatic carbocycles. The third-order valence-electron chi connectivity index (χ3n) is 1.91. The quantitative estimate of drug-likeness (QED) is 0.500. The predicted molar refractivity (Wildman–Crippen MR) is 39.9 cm³/mol. The molecule has 0 saturated carbocycles. The van der Waals surface area contributed by atoms with Crippen molar-refractivity contribution in [3.05, 3.63) is 0 Å². The Morgan fingerprint density at radius 1 is 1.36 bits per heavy atom. The van der Waals surface area contributed by atoms with Crippen molar-refractivity contribution in [3.8, 4) is 0 Å². The zero-order chi connectivity index (χ0) is 8.43. The second kappa shape index (κ2) is 3.49. The van der Waals surface area contributed by atoms with Crippen LogP contribution in [0.3, 0.4) is 0 Å². The van der Waals surface area contributed by atoms with Crippen molar-refractivity contribution in [2.24, 2.45) is 5.73 Å². The fourth-order valence-corrected chi connectivity index (χ4v) is 0.930. The van der Waals surface area contributed by atoms with Crippen molar-refractivity contribution in [1.82, 2.24) is 0 Å². The zero-order valence-corrected chi connectivity index (χ0v) is 6.86. The minimum atomic E-state index is -0.564. The summed E-state index contributed by atoms with van der Waals surface area (Å²) < 4.78 is 10.4. The first-order valence-electron chi connectivity index (χ1n) is 3.82. The number of aliphatic hydroxyl groups excluding tert-OH is 1. The van der Waals surface area contributed by atoms with Gasteiger partial charge < -0.3 is 20.3 Å². The van der Waals surface area contributed by atoms with Gasteiger partial charge in [-0.3, -0.25) is 0 Å². The van der Waals surface area contributed by atoms with Gasteiger partial charge in [0.1, 0.15) is 12.3 Å². The standard InChI is InChI=1S/C7H15NO3/c1-4-6(9)3-10-5(2)7(8)11-4/h4-7,9H,3,8H2,1-2H3. The van der Waals surface area contributed by atoms with E-state index in [4.69, 9.17) is 15.2 Å². The van der Waals surface area contributed by atoms with Crippen molar-refractivity contribution in [2.75, 3.05) is 6.61 Å². The number of rotatable bonds is 0. The first-order valence-corrected chi connectivity index (χ1v) is 3.82. The second-order valence-electron chi connectivity index (χ2n) is 2.91. The van der Waals surface area contributed by atoms with Crippen LogP contribution in [0.5, 0.6) is 0 Å². The van der Waals surface area contributed by atoms with E-state index >= 15 is 0 Å². The van der Waals surface area contributed by atoms with E-state index in [1.807, 2.05) is 6.92 Å². The zero-order valence-electron chi connectivity index (χ0n) is 6.86. The smallest absolute Gasteiger partial charge is 0.132 e. The van der Waals surface area contributed by atoms with Crippen LogP contribution in [0.25, 0.3) is 0 Å². The molecule has 0 amide bonds. The normalized spacial score (nSPS) is 46.9. The number of nitrogens with two attached hydrogens (primary N) is 1. The molecule has 4 atom stereocenters. The van der Waals surface area contributed by atoms with Gasteiger partial charge in [0.15, 0.2) is 0 Å². The third kappa shape index (κ3) is 2.13. The second-order valence-corrected chi connectivity index (χ2v) is 2.91. The van der Waals surface area contributed by atoms with Crippen LogP contribution in [-0.2, 0) is 9.47 Å². The van der Waals surface area contributed by atoms with Gasteiger partial charge in [-0.15, -0.1) is 0 Å². The molecule has 66 valence electrons. The molecule has 1 rings (SSSR count). The largest absolute Gasteiger partial charge is 0.388 e. The average molecular weight is 161 g/mol. The van der Waals surface area contributed by atoms with E-state index in [0.29, 0.717) is 6.61 Å². The Balaban J connectivity index is 2.51. The van der Waals surface area contributed by atoms with Crippen LogP contribution in [0.1, 0.15) is 13.8 Å². The molecule has 0 bridgehead atoms. The van der Waals surface area contributed by atoms with Gasteiger partial charge in [-0.2, -0.15) is 0 Å². The highest BCUT2D eigenvalue weighted by atomic mass is 16.6. The lowest BCUT2D eigenvalue weighted by Crippen LogP contribution is -2.37. The van der Waals surface area contributed by atoms with Crippen molar-refractivity contribution in [1.29, 1.82) is 0 Å². The van der Waals surface area contributed by atoms with Gasteiger partial charge in [0.2, 0.25) is 0 Å². The van der Waals surface area contributed by atoms with Gasteiger partial charge in [0.25, 0.3) is 0 Å². The van der Waals surface area contributed by atoms with Gasteiger partial charge in [-0.1, -0.05) is 0 Å². The molecule has 0 aromatic rings. The lowest BCUT2D eigenvalue weighted by atomic mass is 10.2. The monoisotopic (exact) mass is 161 g/mol. The SMILES string of the molecule is CC1OC(N)C(C)OCC1O. The first-order chi connectivity index (χ1) is 5.11. The minimum absolute atomic E-state index is 0.144. The van der Waals surface area contributed by atoms with E-state index in [9.17, 15) is 5.11 Å². The summed E-state index contributed by atoms with van der Waals surface area (Å²) in [6.45, 7) is 3.91. The van der Waals surface area contributed by atoms with Crippen LogP contribution in [0.4, 0.5) is 0 Å². The first kappa shape index (κ1) is 8.93. The lowest BCUT2D eigenvalue weighted by Gasteiger charge is -2.18.